The van der Waals surface area contributed by atoms with Crippen LogP contribution in [0, 0.1) is 10.8 Å². The molecule has 1 heterocycles. The SMILES string of the molecule is CC1(C)C(n2c(CCCl)nc3cc(Cl)c(Cl)cc32)C1(C)C. The molecule has 0 unspecified atom stereocenters. The molecular formula is C16H19Cl3N2. The van der Waals surface area contributed by atoms with Crippen molar-refractivity contribution in [3.05, 3.63) is 28.0 Å². The number of benzene rings is 1. The number of hydrogen-bond acceptors (Lipinski definition) is 1. The van der Waals surface area contributed by atoms with Crippen LogP contribution in [0.3, 0.4) is 0 Å². The van der Waals surface area contributed by atoms with Gasteiger partial charge in [0.25, 0.3) is 0 Å². The number of rotatable bonds is 3. The van der Waals surface area contributed by atoms with Crippen molar-refractivity contribution in [2.45, 2.75) is 40.2 Å². The number of halogens is 3. The molecule has 0 aliphatic heterocycles. The summed E-state index contributed by atoms with van der Waals surface area (Å²) in [6, 6.07) is 4.16. The summed E-state index contributed by atoms with van der Waals surface area (Å²) in [6.07, 6.45) is 0.744. The molecular weight excluding hydrogens is 327 g/mol. The van der Waals surface area contributed by atoms with Crippen LogP contribution < -0.4 is 0 Å². The van der Waals surface area contributed by atoms with Crippen LogP contribution >= 0.6 is 34.8 Å². The average Bonchev–Trinajstić information content (AvgIpc) is 2.65. The molecule has 3 rings (SSSR count). The van der Waals surface area contributed by atoms with Gasteiger partial charge in [-0.25, -0.2) is 4.98 Å². The Balaban J connectivity index is 2.25. The number of nitrogens with zero attached hydrogens (tertiary/aromatic N) is 2. The summed E-state index contributed by atoms with van der Waals surface area (Å²) in [5, 5.41) is 1.11. The molecule has 5 heteroatoms. The summed E-state index contributed by atoms with van der Waals surface area (Å²) in [5.41, 5.74) is 2.37. The topological polar surface area (TPSA) is 17.8 Å². The van der Waals surface area contributed by atoms with Crippen LogP contribution in [0.15, 0.2) is 12.1 Å². The first kappa shape index (κ1) is 15.5. The molecule has 1 aliphatic carbocycles. The van der Waals surface area contributed by atoms with Gasteiger partial charge in [-0.1, -0.05) is 50.9 Å². The van der Waals surface area contributed by atoms with Gasteiger partial charge in [-0.2, -0.15) is 0 Å². The zero-order chi connectivity index (χ0) is 15.6. The van der Waals surface area contributed by atoms with Gasteiger partial charge in [0.15, 0.2) is 0 Å². The van der Waals surface area contributed by atoms with Gasteiger partial charge in [0.1, 0.15) is 5.82 Å². The van der Waals surface area contributed by atoms with E-state index < -0.39 is 0 Å². The van der Waals surface area contributed by atoms with E-state index in [1.807, 2.05) is 12.1 Å². The second-order valence-corrected chi connectivity index (χ2v) is 8.13. The Hall–Kier alpha value is -0.440. The van der Waals surface area contributed by atoms with Crippen molar-refractivity contribution in [1.29, 1.82) is 0 Å². The molecule has 2 aromatic rings. The third-order valence-corrected chi connectivity index (χ3v) is 6.24. The molecule has 0 bridgehead atoms. The van der Waals surface area contributed by atoms with Crippen molar-refractivity contribution in [3.8, 4) is 0 Å². The van der Waals surface area contributed by atoms with Gasteiger partial charge in [-0.3, -0.25) is 0 Å². The summed E-state index contributed by atoms with van der Waals surface area (Å²) in [5.74, 6) is 1.57. The Morgan fingerprint density at radius 3 is 2.19 bits per heavy atom. The van der Waals surface area contributed by atoms with Crippen LogP contribution in [0.5, 0.6) is 0 Å². The predicted octanol–water partition coefficient (Wildman–Crippen LogP) is 5.73. The van der Waals surface area contributed by atoms with Crippen molar-refractivity contribution < 1.29 is 0 Å². The zero-order valence-corrected chi connectivity index (χ0v) is 14.9. The Kier molecular flexibility index (Phi) is 3.52. The summed E-state index contributed by atoms with van der Waals surface area (Å²) < 4.78 is 2.32. The number of alkyl halides is 1. The molecule has 0 saturated heterocycles. The maximum absolute atomic E-state index is 6.21. The summed E-state index contributed by atoms with van der Waals surface area (Å²) in [4.78, 5) is 4.73. The van der Waals surface area contributed by atoms with Crippen molar-refractivity contribution in [2.75, 3.05) is 5.88 Å². The minimum atomic E-state index is 0.216. The molecule has 2 nitrogen and oxygen atoms in total. The van der Waals surface area contributed by atoms with Crippen molar-refractivity contribution in [1.82, 2.24) is 9.55 Å². The molecule has 1 fully saturated rings. The lowest BCUT2D eigenvalue weighted by molar-refractivity contribution is 0.457. The first-order valence-corrected chi connectivity index (χ1v) is 8.42. The van der Waals surface area contributed by atoms with E-state index in [9.17, 15) is 0 Å². The quantitative estimate of drug-likeness (QED) is 0.649. The Bertz CT molecular complexity index is 702. The Morgan fingerprint density at radius 1 is 1.10 bits per heavy atom. The molecule has 1 aliphatic rings. The van der Waals surface area contributed by atoms with E-state index in [1.165, 1.54) is 0 Å². The lowest BCUT2D eigenvalue weighted by Gasteiger charge is -2.11. The van der Waals surface area contributed by atoms with E-state index in [-0.39, 0.29) is 10.8 Å². The predicted molar refractivity (Wildman–Crippen MR) is 90.8 cm³/mol. The van der Waals surface area contributed by atoms with E-state index in [2.05, 4.69) is 32.3 Å². The molecule has 0 radical (unpaired) electrons. The highest BCUT2D eigenvalue weighted by molar-refractivity contribution is 6.42. The second-order valence-electron chi connectivity index (χ2n) is 6.94. The minimum absolute atomic E-state index is 0.216. The van der Waals surface area contributed by atoms with Crippen LogP contribution in [0.4, 0.5) is 0 Å². The minimum Gasteiger partial charge on any atom is -0.324 e. The van der Waals surface area contributed by atoms with Crippen molar-refractivity contribution in [3.63, 3.8) is 0 Å². The van der Waals surface area contributed by atoms with E-state index in [0.717, 1.165) is 23.3 Å². The van der Waals surface area contributed by atoms with Gasteiger partial charge < -0.3 is 4.57 Å². The summed E-state index contributed by atoms with van der Waals surface area (Å²) >= 11 is 18.3. The number of imidazole rings is 1. The van der Waals surface area contributed by atoms with Crippen LogP contribution in [0.2, 0.25) is 10.0 Å². The van der Waals surface area contributed by atoms with E-state index in [1.54, 1.807) is 0 Å². The highest BCUT2D eigenvalue weighted by Crippen LogP contribution is 2.72. The molecule has 1 saturated carbocycles. The van der Waals surface area contributed by atoms with Crippen molar-refractivity contribution in [2.24, 2.45) is 10.8 Å². The Morgan fingerprint density at radius 2 is 1.67 bits per heavy atom. The van der Waals surface area contributed by atoms with Gasteiger partial charge in [0.2, 0.25) is 0 Å². The first-order valence-electron chi connectivity index (χ1n) is 7.13. The third-order valence-electron chi connectivity index (χ3n) is 5.33. The largest absolute Gasteiger partial charge is 0.324 e. The van der Waals surface area contributed by atoms with E-state index >= 15 is 0 Å². The highest BCUT2D eigenvalue weighted by atomic mass is 35.5. The summed E-state index contributed by atoms with van der Waals surface area (Å²) in [7, 11) is 0. The Labute approximate surface area is 140 Å². The van der Waals surface area contributed by atoms with Gasteiger partial charge in [0, 0.05) is 18.3 Å². The fourth-order valence-electron chi connectivity index (χ4n) is 3.50. The molecule has 0 spiro atoms. The fourth-order valence-corrected chi connectivity index (χ4v) is 3.98. The smallest absolute Gasteiger partial charge is 0.111 e. The molecule has 21 heavy (non-hydrogen) atoms. The fraction of sp³-hybridized carbons (Fsp3) is 0.562. The van der Waals surface area contributed by atoms with Gasteiger partial charge in [-0.15, -0.1) is 11.6 Å². The monoisotopic (exact) mass is 344 g/mol. The van der Waals surface area contributed by atoms with Crippen LogP contribution in [-0.4, -0.2) is 15.4 Å². The zero-order valence-electron chi connectivity index (χ0n) is 12.7. The standard InChI is InChI=1S/C16H19Cl3N2/c1-15(2)14(16(15,3)4)21-12-8-10(19)9(18)7-11(12)20-13(21)5-6-17/h7-8,14H,5-6H2,1-4H3. The maximum Gasteiger partial charge on any atom is 0.111 e. The van der Waals surface area contributed by atoms with Gasteiger partial charge >= 0.3 is 0 Å². The molecule has 114 valence electrons. The van der Waals surface area contributed by atoms with E-state index in [4.69, 9.17) is 39.8 Å². The molecule has 1 aromatic heterocycles. The van der Waals surface area contributed by atoms with Gasteiger partial charge in [-0.05, 0) is 23.0 Å². The maximum atomic E-state index is 6.21. The van der Waals surface area contributed by atoms with Crippen LogP contribution in [-0.2, 0) is 6.42 Å². The first-order chi connectivity index (χ1) is 9.71. The highest BCUT2D eigenvalue weighted by Gasteiger charge is 2.66. The number of hydrogen-bond donors (Lipinski definition) is 0. The molecule has 0 atom stereocenters. The number of aryl methyl sites for hydroxylation is 1. The van der Waals surface area contributed by atoms with Crippen LogP contribution in [0.25, 0.3) is 11.0 Å². The van der Waals surface area contributed by atoms with Crippen molar-refractivity contribution >= 4 is 45.8 Å². The second kappa shape index (κ2) is 4.78. The van der Waals surface area contributed by atoms with Crippen LogP contribution in [0.1, 0.15) is 39.6 Å². The molecule has 0 N–H and O–H groups in total. The normalized spacial score (nSPS) is 20.1. The lowest BCUT2D eigenvalue weighted by atomic mass is 10.0. The molecule has 1 aromatic carbocycles. The van der Waals surface area contributed by atoms with Gasteiger partial charge in [0.05, 0.1) is 21.1 Å². The number of fused-ring (bicyclic) bond motifs is 1. The third kappa shape index (κ3) is 2.10. The number of aromatic nitrogens is 2. The van der Waals surface area contributed by atoms with E-state index in [0.29, 0.717) is 22.0 Å². The lowest BCUT2D eigenvalue weighted by Crippen LogP contribution is -2.07. The average molecular weight is 346 g/mol. The summed E-state index contributed by atoms with van der Waals surface area (Å²) in [6.45, 7) is 9.19. The molecule has 0 amide bonds.